The van der Waals surface area contributed by atoms with E-state index in [0.717, 1.165) is 6.42 Å². The van der Waals surface area contributed by atoms with Gasteiger partial charge < -0.3 is 9.47 Å². The molecule has 0 N–H and O–H groups in total. The molecule has 0 aliphatic rings. The zero-order valence-electron chi connectivity index (χ0n) is 16.1. The Labute approximate surface area is 172 Å². The van der Waals surface area contributed by atoms with Crippen LogP contribution in [0, 0.1) is 5.92 Å². The molecule has 7 heteroatoms. The lowest BCUT2D eigenvalue weighted by atomic mass is 9.90. The van der Waals surface area contributed by atoms with Crippen LogP contribution in [0.25, 0.3) is 0 Å². The Bertz CT molecular complexity index is 780. The lowest BCUT2D eigenvalue weighted by Gasteiger charge is -2.18. The SMILES string of the molecule is COc1cccc(Cl)c1C(=O)C(C(=O)OCCC(C)C)c1ccccc1.O=P. The number of methoxy groups -OCH3 is 1. The van der Waals surface area contributed by atoms with E-state index in [2.05, 4.69) is 0 Å². The second-order valence-corrected chi connectivity index (χ2v) is 6.78. The maximum Gasteiger partial charge on any atom is 0.321 e. The maximum absolute atomic E-state index is 13.2. The molecule has 0 aliphatic carbocycles. The first-order valence-corrected chi connectivity index (χ1v) is 9.53. The Morgan fingerprint density at radius 2 is 1.68 bits per heavy atom. The van der Waals surface area contributed by atoms with Crippen molar-refractivity contribution in [2.75, 3.05) is 13.7 Å². The molecule has 0 radical (unpaired) electrons. The summed E-state index contributed by atoms with van der Waals surface area (Å²) in [5.74, 6) is -1.37. The Hall–Kier alpha value is -2.23. The van der Waals surface area contributed by atoms with Crippen molar-refractivity contribution >= 4 is 32.5 Å². The zero-order valence-corrected chi connectivity index (χ0v) is 17.9. The van der Waals surface area contributed by atoms with Crippen LogP contribution in [0.1, 0.15) is 42.1 Å². The summed E-state index contributed by atoms with van der Waals surface area (Å²) in [5, 5.41) is 0.241. The predicted octanol–water partition coefficient (Wildman–Crippen LogP) is 5.38. The Morgan fingerprint density at radius 3 is 2.25 bits per heavy atom. The molecule has 1 unspecified atom stereocenters. The summed E-state index contributed by atoms with van der Waals surface area (Å²) in [6.45, 7) is 4.36. The van der Waals surface area contributed by atoms with Gasteiger partial charge in [-0.3, -0.25) is 14.2 Å². The second kappa shape index (κ2) is 12.3. The molecule has 0 heterocycles. The number of benzene rings is 2. The van der Waals surface area contributed by atoms with E-state index in [1.165, 1.54) is 7.11 Å². The highest BCUT2D eigenvalue weighted by molar-refractivity contribution is 7.00. The number of esters is 1. The molecule has 0 amide bonds. The van der Waals surface area contributed by atoms with E-state index in [1.54, 1.807) is 51.6 Å². The van der Waals surface area contributed by atoms with Crippen molar-refractivity contribution in [1.29, 1.82) is 0 Å². The molecule has 0 aliphatic heterocycles. The number of rotatable bonds is 8. The summed E-state index contributed by atoms with van der Waals surface area (Å²) in [7, 11) is 3.18. The molecule has 2 aromatic rings. The van der Waals surface area contributed by atoms with E-state index in [9.17, 15) is 9.59 Å². The third kappa shape index (κ3) is 6.43. The lowest BCUT2D eigenvalue weighted by molar-refractivity contribution is -0.144. The Kier molecular flexibility index (Phi) is 10.4. The van der Waals surface area contributed by atoms with Crippen molar-refractivity contribution in [3.8, 4) is 5.75 Å². The smallest absolute Gasteiger partial charge is 0.321 e. The Morgan fingerprint density at radius 1 is 1.04 bits per heavy atom. The van der Waals surface area contributed by atoms with Crippen LogP contribution < -0.4 is 4.74 Å². The van der Waals surface area contributed by atoms with Crippen LogP contribution in [0.4, 0.5) is 0 Å². The number of Topliss-reactive ketones (excluding diaryl/α,β-unsaturated/α-hetero) is 1. The average molecular weight is 423 g/mol. The summed E-state index contributed by atoms with van der Waals surface area (Å²) in [6, 6.07) is 13.8. The second-order valence-electron chi connectivity index (χ2n) is 6.38. The standard InChI is InChI=1S/C21H23ClO4.HOP/c1-14(2)12-13-26-21(24)18(15-8-5-4-6-9-15)20(23)19-16(22)10-7-11-17(19)25-3;1-2/h4-11,14,18H,12-13H2,1-3H3;2H. The first-order valence-electron chi connectivity index (χ1n) is 8.74. The van der Waals surface area contributed by atoms with Crippen LogP contribution in [0.2, 0.25) is 5.02 Å². The largest absolute Gasteiger partial charge is 0.496 e. The van der Waals surface area contributed by atoms with Crippen molar-refractivity contribution in [2.24, 2.45) is 5.92 Å². The number of carbonyl (C=O) groups is 2. The molecule has 0 saturated carbocycles. The molecule has 0 fully saturated rings. The van der Waals surface area contributed by atoms with Gasteiger partial charge in [-0.1, -0.05) is 61.8 Å². The molecular formula is C21H24ClO5P. The topological polar surface area (TPSA) is 69.7 Å². The normalized spacial score (nSPS) is 11.2. The number of halogens is 1. The molecule has 1 atom stereocenters. The van der Waals surface area contributed by atoms with Crippen molar-refractivity contribution in [3.05, 3.63) is 64.7 Å². The van der Waals surface area contributed by atoms with E-state index in [0.29, 0.717) is 17.2 Å². The lowest BCUT2D eigenvalue weighted by Crippen LogP contribution is -2.25. The zero-order chi connectivity index (χ0) is 21.1. The molecule has 150 valence electrons. The van der Waals surface area contributed by atoms with Crippen LogP contribution >= 0.6 is 20.7 Å². The first-order chi connectivity index (χ1) is 13.5. The first kappa shape index (κ1) is 23.8. The van der Waals surface area contributed by atoms with Crippen LogP contribution in [0.15, 0.2) is 48.5 Å². The van der Waals surface area contributed by atoms with E-state index in [4.69, 9.17) is 25.6 Å². The van der Waals surface area contributed by atoms with Gasteiger partial charge in [-0.15, -0.1) is 0 Å². The highest BCUT2D eigenvalue weighted by Gasteiger charge is 2.33. The van der Waals surface area contributed by atoms with Crippen molar-refractivity contribution in [2.45, 2.75) is 26.2 Å². The Balaban J connectivity index is 0.00000190. The van der Waals surface area contributed by atoms with Gasteiger partial charge in [0.2, 0.25) is 0 Å². The van der Waals surface area contributed by atoms with Gasteiger partial charge in [-0.2, -0.15) is 0 Å². The molecule has 5 nitrogen and oxygen atoms in total. The number of ether oxygens (including phenoxy) is 2. The summed E-state index contributed by atoms with van der Waals surface area (Å²) in [6.07, 6.45) is 0.733. The molecule has 0 spiro atoms. The maximum atomic E-state index is 13.2. The van der Waals surface area contributed by atoms with Crippen LogP contribution in [-0.2, 0) is 14.1 Å². The van der Waals surface area contributed by atoms with Gasteiger partial charge in [0, 0.05) is 0 Å². The van der Waals surface area contributed by atoms with Crippen LogP contribution in [0.3, 0.4) is 0 Å². The van der Waals surface area contributed by atoms with Crippen molar-refractivity contribution in [1.82, 2.24) is 0 Å². The number of hydrogen-bond acceptors (Lipinski definition) is 5. The number of ketones is 1. The summed E-state index contributed by atoms with van der Waals surface area (Å²) < 4.78 is 18.7. The number of hydrogen-bond donors (Lipinski definition) is 0. The molecule has 0 bridgehead atoms. The van der Waals surface area contributed by atoms with Gasteiger partial charge in [-0.05, 0) is 30.0 Å². The van der Waals surface area contributed by atoms with E-state index >= 15 is 0 Å². The number of carbonyl (C=O) groups excluding carboxylic acids is 2. The minimum Gasteiger partial charge on any atom is -0.496 e. The fourth-order valence-electron chi connectivity index (χ4n) is 2.58. The molecule has 28 heavy (non-hydrogen) atoms. The summed E-state index contributed by atoms with van der Waals surface area (Å²) >= 11 is 6.23. The third-order valence-corrected chi connectivity index (χ3v) is 4.33. The highest BCUT2D eigenvalue weighted by Crippen LogP contribution is 2.32. The molecule has 2 aromatic carbocycles. The van der Waals surface area contributed by atoms with E-state index < -0.39 is 17.7 Å². The minimum atomic E-state index is -1.09. The summed E-state index contributed by atoms with van der Waals surface area (Å²) in [4.78, 5) is 25.9. The van der Waals surface area contributed by atoms with Crippen LogP contribution in [-0.4, -0.2) is 25.5 Å². The van der Waals surface area contributed by atoms with Gasteiger partial charge in [0.15, 0.2) is 5.78 Å². The van der Waals surface area contributed by atoms with E-state index in [-0.39, 0.29) is 17.2 Å². The fraction of sp³-hybridized carbons (Fsp3) is 0.333. The van der Waals surface area contributed by atoms with Gasteiger partial charge in [-0.25, -0.2) is 0 Å². The van der Waals surface area contributed by atoms with Gasteiger partial charge >= 0.3 is 5.97 Å². The molecule has 0 aromatic heterocycles. The predicted molar refractivity (Wildman–Crippen MR) is 111 cm³/mol. The molecular weight excluding hydrogens is 399 g/mol. The molecule has 0 saturated heterocycles. The quantitative estimate of drug-likeness (QED) is 0.247. The fourth-order valence-corrected chi connectivity index (χ4v) is 2.84. The molecule has 2 rings (SSSR count). The van der Waals surface area contributed by atoms with Gasteiger partial charge in [0.05, 0.1) is 24.3 Å². The highest BCUT2D eigenvalue weighted by atomic mass is 35.5. The van der Waals surface area contributed by atoms with Gasteiger partial charge in [0.1, 0.15) is 20.8 Å². The van der Waals surface area contributed by atoms with Crippen molar-refractivity contribution in [3.63, 3.8) is 0 Å². The van der Waals surface area contributed by atoms with Gasteiger partial charge in [0.25, 0.3) is 0 Å². The van der Waals surface area contributed by atoms with Crippen LogP contribution in [0.5, 0.6) is 5.75 Å². The third-order valence-electron chi connectivity index (χ3n) is 4.01. The van der Waals surface area contributed by atoms with Crippen molar-refractivity contribution < 1.29 is 23.6 Å². The minimum absolute atomic E-state index is 0.186. The average Bonchev–Trinajstić information content (AvgIpc) is 2.69. The monoisotopic (exact) mass is 422 g/mol. The van der Waals surface area contributed by atoms with E-state index in [1.807, 2.05) is 19.9 Å². The summed E-state index contributed by atoms with van der Waals surface area (Å²) in [5.41, 5.74) is 0.750.